The van der Waals surface area contributed by atoms with Crippen LogP contribution in [0.5, 0.6) is 0 Å². The zero-order valence-corrected chi connectivity index (χ0v) is 29.6. The van der Waals surface area contributed by atoms with Gasteiger partial charge < -0.3 is 31.2 Å². The third kappa shape index (κ3) is 10.2. The number of aromatic amines is 2. The van der Waals surface area contributed by atoms with Gasteiger partial charge in [-0.1, -0.05) is 31.5 Å². The first-order valence-corrected chi connectivity index (χ1v) is 19.3. The van der Waals surface area contributed by atoms with Crippen molar-refractivity contribution in [2.75, 3.05) is 21.3 Å². The van der Waals surface area contributed by atoms with Gasteiger partial charge in [0.2, 0.25) is 0 Å². The molecule has 0 spiro atoms. The Morgan fingerprint density at radius 2 is 1.04 bits per heavy atom. The second kappa shape index (κ2) is 15.5. The van der Waals surface area contributed by atoms with E-state index in [1.165, 1.54) is 24.3 Å². The van der Waals surface area contributed by atoms with Crippen molar-refractivity contribution >= 4 is 65.0 Å². The number of anilines is 4. The lowest BCUT2D eigenvalue weighted by molar-refractivity contribution is -0.138. The maximum Gasteiger partial charge on any atom is 0.416 e. The van der Waals surface area contributed by atoms with Gasteiger partial charge in [-0.25, -0.2) is 19.6 Å². The molecule has 10 nitrogen and oxygen atoms in total. The summed E-state index contributed by atoms with van der Waals surface area (Å²) in [5.41, 5.74) is 6.44. The van der Waals surface area contributed by atoms with E-state index in [-0.39, 0.29) is 11.4 Å². The molecule has 0 atom stereocenters. The summed E-state index contributed by atoms with van der Waals surface area (Å²) in [6.45, 7) is 6.40. The van der Waals surface area contributed by atoms with E-state index in [0.29, 0.717) is 39.3 Å². The number of urea groups is 2. The van der Waals surface area contributed by atoms with E-state index in [4.69, 9.17) is 6.42 Å². The SMILES string of the molecule is C#Cc1ccc2[nH]cc(NC(=O)Nc3ccc(C(F)(F)F)cc3)c2n1.C[Si](C)(C)C#Cc1ccc2[nH]cc(NC(=O)Nc3ccc(C(F)(F)F)cc3)c2n1. The Kier molecular flexibility index (Phi) is 11.0. The monoisotopic (exact) mass is 760 g/mol. The summed E-state index contributed by atoms with van der Waals surface area (Å²) in [5.74, 6) is 5.47. The average Bonchev–Trinajstić information content (AvgIpc) is 3.69. The molecule has 0 aliphatic carbocycles. The van der Waals surface area contributed by atoms with Crippen LogP contribution in [0.25, 0.3) is 22.1 Å². The molecule has 0 aliphatic rings. The highest BCUT2D eigenvalue weighted by Gasteiger charge is 2.31. The molecule has 6 N–H and O–H groups in total. The molecule has 17 heteroatoms. The molecule has 0 aliphatic heterocycles. The van der Waals surface area contributed by atoms with E-state index in [1.807, 2.05) is 6.07 Å². The maximum atomic E-state index is 12.6. The molecule has 54 heavy (non-hydrogen) atoms. The number of benzene rings is 2. The summed E-state index contributed by atoms with van der Waals surface area (Å²) in [7, 11) is -1.55. The van der Waals surface area contributed by atoms with Gasteiger partial charge in [0.05, 0.1) is 33.5 Å². The molecule has 6 aromatic rings. The molecule has 276 valence electrons. The van der Waals surface area contributed by atoms with Crippen LogP contribution in [0.3, 0.4) is 0 Å². The van der Waals surface area contributed by atoms with Crippen molar-refractivity contribution < 1.29 is 35.9 Å². The maximum absolute atomic E-state index is 12.6. The van der Waals surface area contributed by atoms with Gasteiger partial charge in [0.15, 0.2) is 0 Å². The summed E-state index contributed by atoms with van der Waals surface area (Å²) in [4.78, 5) is 38.9. The molecule has 0 saturated heterocycles. The van der Waals surface area contributed by atoms with Gasteiger partial charge in [0, 0.05) is 23.8 Å². The number of nitrogens with one attached hydrogen (secondary N) is 6. The van der Waals surface area contributed by atoms with Gasteiger partial charge in [0.1, 0.15) is 30.5 Å². The lowest BCUT2D eigenvalue weighted by Crippen LogP contribution is -2.19. The molecule has 6 rings (SSSR count). The summed E-state index contributed by atoms with van der Waals surface area (Å²) in [6, 6.07) is 14.1. The molecular formula is C37H30F6N8O2Si. The minimum atomic E-state index is -4.43. The number of pyridine rings is 2. The first kappa shape index (κ1) is 38.5. The van der Waals surface area contributed by atoms with Crippen molar-refractivity contribution in [2.24, 2.45) is 0 Å². The highest BCUT2D eigenvalue weighted by molar-refractivity contribution is 6.83. The fourth-order valence-corrected chi connectivity index (χ4v) is 5.15. The van der Waals surface area contributed by atoms with Gasteiger partial charge in [-0.15, -0.1) is 12.0 Å². The van der Waals surface area contributed by atoms with Gasteiger partial charge in [-0.05, 0) is 72.8 Å². The molecule has 4 aromatic heterocycles. The van der Waals surface area contributed by atoms with Crippen LogP contribution in [0.2, 0.25) is 19.6 Å². The fraction of sp³-hybridized carbons (Fsp3) is 0.135. The topological polar surface area (TPSA) is 140 Å². The van der Waals surface area contributed by atoms with Crippen LogP contribution in [0, 0.1) is 23.8 Å². The van der Waals surface area contributed by atoms with Crippen LogP contribution in [-0.2, 0) is 12.4 Å². The predicted molar refractivity (Wildman–Crippen MR) is 199 cm³/mol. The van der Waals surface area contributed by atoms with Crippen LogP contribution in [0.15, 0.2) is 85.2 Å². The number of rotatable bonds is 4. The minimum absolute atomic E-state index is 0.225. The number of terminal acetylenes is 1. The number of hydrogen-bond donors (Lipinski definition) is 6. The number of carbonyl (C=O) groups is 2. The predicted octanol–water partition coefficient (Wildman–Crippen LogP) is 9.66. The Morgan fingerprint density at radius 1 is 0.630 bits per heavy atom. The zero-order chi connectivity index (χ0) is 39.3. The lowest BCUT2D eigenvalue weighted by atomic mass is 10.2. The number of H-pyrrole nitrogens is 2. The summed E-state index contributed by atoms with van der Waals surface area (Å²) in [5, 5.41) is 10.2. The molecule has 4 amide bonds. The second-order valence-corrected chi connectivity index (χ2v) is 17.3. The van der Waals surface area contributed by atoms with Crippen molar-refractivity contribution in [3.8, 4) is 23.8 Å². The van der Waals surface area contributed by atoms with Crippen LogP contribution < -0.4 is 21.3 Å². The number of aromatic nitrogens is 4. The van der Waals surface area contributed by atoms with E-state index in [9.17, 15) is 35.9 Å². The van der Waals surface area contributed by atoms with Gasteiger partial charge in [-0.2, -0.15) is 26.3 Å². The number of nitrogens with zero attached hydrogens (tertiary/aromatic N) is 2. The van der Waals surface area contributed by atoms with E-state index in [2.05, 4.69) is 78.2 Å². The summed E-state index contributed by atoms with van der Waals surface area (Å²) in [6.07, 6.45) is -0.403. The summed E-state index contributed by atoms with van der Waals surface area (Å²) < 4.78 is 75.4. The van der Waals surface area contributed by atoms with Crippen molar-refractivity contribution in [3.63, 3.8) is 0 Å². The first-order valence-electron chi connectivity index (χ1n) is 15.8. The highest BCUT2D eigenvalue weighted by atomic mass is 28.3. The molecular weight excluding hydrogens is 731 g/mol. The van der Waals surface area contributed by atoms with Crippen LogP contribution >= 0.6 is 0 Å². The Balaban J connectivity index is 0.000000210. The highest BCUT2D eigenvalue weighted by Crippen LogP contribution is 2.31. The normalized spacial score (nSPS) is 11.4. The number of carbonyl (C=O) groups excluding carboxylic acids is 2. The number of halogens is 6. The van der Waals surface area contributed by atoms with E-state index in [1.54, 1.807) is 30.6 Å². The number of fused-ring (bicyclic) bond motifs is 2. The molecule has 0 bridgehead atoms. The van der Waals surface area contributed by atoms with E-state index < -0.39 is 43.6 Å². The Morgan fingerprint density at radius 3 is 1.43 bits per heavy atom. The largest absolute Gasteiger partial charge is 0.416 e. The average molecular weight is 761 g/mol. The van der Waals surface area contributed by atoms with Gasteiger partial charge in [0.25, 0.3) is 0 Å². The molecule has 2 aromatic carbocycles. The van der Waals surface area contributed by atoms with Crippen LogP contribution in [0.4, 0.5) is 58.7 Å². The molecule has 0 unspecified atom stereocenters. The number of amides is 4. The van der Waals surface area contributed by atoms with Crippen molar-refractivity contribution in [3.05, 3.63) is 108 Å². The van der Waals surface area contributed by atoms with Crippen LogP contribution in [-0.4, -0.2) is 40.1 Å². The molecule has 0 saturated carbocycles. The van der Waals surface area contributed by atoms with E-state index >= 15 is 0 Å². The Hall–Kier alpha value is -6.72. The fourth-order valence-electron chi connectivity index (χ4n) is 4.64. The zero-order valence-electron chi connectivity index (χ0n) is 28.6. The number of alkyl halides is 6. The standard InChI is InChI=1S/C20H19F3N4OSi.C17H11F3N4O/c1-29(2,3)11-10-15-8-9-16-18(25-15)17(12-24-16)27-19(28)26-14-6-4-13(5-7-14)20(21,22)23;1-2-11-7-8-13-15(22-11)14(9-21-13)24-16(25)23-12-5-3-10(4-6-12)17(18,19)20/h4-9,12,24H,1-3H3,(H2,26,27,28);1,3-9,21H,(H2,23,24,25). The van der Waals surface area contributed by atoms with Crippen LogP contribution in [0.1, 0.15) is 22.5 Å². The third-order valence-electron chi connectivity index (χ3n) is 7.19. The van der Waals surface area contributed by atoms with Crippen molar-refractivity contribution in [1.29, 1.82) is 0 Å². The molecule has 4 heterocycles. The lowest BCUT2D eigenvalue weighted by Gasteiger charge is -2.09. The van der Waals surface area contributed by atoms with Crippen molar-refractivity contribution in [2.45, 2.75) is 32.0 Å². The molecule has 0 radical (unpaired) electrons. The Labute approximate surface area is 305 Å². The van der Waals surface area contributed by atoms with Gasteiger partial charge in [-0.3, -0.25) is 0 Å². The minimum Gasteiger partial charge on any atom is -0.358 e. The Bertz CT molecular complexity index is 2410. The second-order valence-electron chi connectivity index (χ2n) is 12.5. The van der Waals surface area contributed by atoms with Crippen molar-refractivity contribution in [1.82, 2.24) is 19.9 Å². The smallest absolute Gasteiger partial charge is 0.358 e. The van der Waals surface area contributed by atoms with E-state index in [0.717, 1.165) is 29.8 Å². The third-order valence-corrected chi connectivity index (χ3v) is 8.07. The molecule has 0 fully saturated rings. The quantitative estimate of drug-likeness (QED) is 0.0605. The first-order chi connectivity index (χ1) is 25.4. The number of hydrogen-bond acceptors (Lipinski definition) is 4. The van der Waals surface area contributed by atoms with Gasteiger partial charge >= 0.3 is 24.4 Å². The summed E-state index contributed by atoms with van der Waals surface area (Å²) >= 11 is 0.